The molecule has 3 heteroatoms. The van der Waals surface area contributed by atoms with Crippen molar-refractivity contribution in [2.24, 2.45) is 11.7 Å². The monoisotopic (exact) mass is 248 g/mol. The summed E-state index contributed by atoms with van der Waals surface area (Å²) in [6.45, 7) is 6.41. The van der Waals surface area contributed by atoms with Crippen molar-refractivity contribution in [1.82, 2.24) is 5.32 Å². The van der Waals surface area contributed by atoms with Crippen LogP contribution in [0.3, 0.4) is 0 Å². The van der Waals surface area contributed by atoms with Gasteiger partial charge in [-0.15, -0.1) is 0 Å². The number of carbonyl (C=O) groups is 1. The van der Waals surface area contributed by atoms with Crippen LogP contribution in [0.25, 0.3) is 0 Å². The molecule has 0 radical (unpaired) electrons. The molecule has 3 nitrogen and oxygen atoms in total. The molecule has 3 N–H and O–H groups in total. The van der Waals surface area contributed by atoms with Gasteiger partial charge in [-0.05, 0) is 24.8 Å². The van der Waals surface area contributed by atoms with Gasteiger partial charge in [0, 0.05) is 18.5 Å². The van der Waals surface area contributed by atoms with E-state index in [1.807, 2.05) is 25.1 Å². The van der Waals surface area contributed by atoms with E-state index in [9.17, 15) is 4.79 Å². The summed E-state index contributed by atoms with van der Waals surface area (Å²) in [5.41, 5.74) is 6.50. The second kappa shape index (κ2) is 7.17. The molecule has 2 unspecified atom stereocenters. The molecule has 1 aromatic rings. The van der Waals surface area contributed by atoms with Crippen LogP contribution in [-0.2, 0) is 4.79 Å². The Balaban J connectivity index is 2.70. The average molecular weight is 248 g/mol. The van der Waals surface area contributed by atoms with Gasteiger partial charge < -0.3 is 11.1 Å². The first-order valence-corrected chi connectivity index (χ1v) is 6.58. The van der Waals surface area contributed by atoms with E-state index >= 15 is 0 Å². The topological polar surface area (TPSA) is 55.1 Å². The van der Waals surface area contributed by atoms with E-state index in [4.69, 9.17) is 5.73 Å². The molecule has 0 aliphatic heterocycles. The third-order valence-corrected chi connectivity index (χ3v) is 2.90. The zero-order valence-electron chi connectivity index (χ0n) is 11.5. The van der Waals surface area contributed by atoms with Crippen LogP contribution < -0.4 is 11.1 Å². The molecule has 0 aliphatic carbocycles. The van der Waals surface area contributed by atoms with E-state index in [1.54, 1.807) is 0 Å². The molecule has 0 saturated heterocycles. The Kier molecular flexibility index (Phi) is 5.86. The van der Waals surface area contributed by atoms with E-state index in [0.29, 0.717) is 12.3 Å². The lowest BCUT2D eigenvalue weighted by Crippen LogP contribution is -2.34. The molecular weight excluding hydrogens is 224 g/mol. The Morgan fingerprint density at radius 3 is 2.33 bits per heavy atom. The van der Waals surface area contributed by atoms with Crippen molar-refractivity contribution in [2.75, 3.05) is 0 Å². The lowest BCUT2D eigenvalue weighted by molar-refractivity contribution is -0.118. The Bertz CT molecular complexity index is 362. The van der Waals surface area contributed by atoms with Gasteiger partial charge in [-0.2, -0.15) is 0 Å². The van der Waals surface area contributed by atoms with Crippen LogP contribution in [0.4, 0.5) is 0 Å². The summed E-state index contributed by atoms with van der Waals surface area (Å²) < 4.78 is 0. The minimum absolute atomic E-state index is 0.103. The molecule has 1 aromatic carbocycles. The molecule has 0 saturated carbocycles. The first-order valence-electron chi connectivity index (χ1n) is 6.58. The summed E-state index contributed by atoms with van der Waals surface area (Å²) in [7, 11) is 0. The van der Waals surface area contributed by atoms with Crippen molar-refractivity contribution in [3.8, 4) is 0 Å². The number of hydrogen-bond acceptors (Lipinski definition) is 2. The predicted octanol–water partition coefficient (Wildman–Crippen LogP) is 2.63. The lowest BCUT2D eigenvalue weighted by atomic mass is 9.96. The maximum Gasteiger partial charge on any atom is 0.218 e. The highest BCUT2D eigenvalue weighted by atomic mass is 16.1. The van der Waals surface area contributed by atoms with Crippen LogP contribution in [0.2, 0.25) is 0 Å². The Morgan fingerprint density at radius 1 is 1.22 bits per heavy atom. The molecule has 100 valence electrons. The van der Waals surface area contributed by atoms with Gasteiger partial charge in [0.05, 0.1) is 0 Å². The van der Waals surface area contributed by atoms with Gasteiger partial charge in [0.1, 0.15) is 0 Å². The summed E-state index contributed by atoms with van der Waals surface area (Å²) in [5.74, 6) is 0.342. The number of nitrogens with one attached hydrogen (secondary N) is 1. The standard InChI is InChI=1S/C15H24N2O/c1-11(2)9-14(13-7-5-4-6-8-13)17-12(3)10-15(16)18/h4-8,11-12,14,17H,9-10H2,1-3H3,(H2,16,18). The van der Waals surface area contributed by atoms with Gasteiger partial charge in [0.25, 0.3) is 0 Å². The summed E-state index contributed by atoms with van der Waals surface area (Å²) in [6, 6.07) is 10.7. The molecular formula is C15H24N2O. The van der Waals surface area contributed by atoms with Crippen molar-refractivity contribution >= 4 is 5.91 Å². The largest absolute Gasteiger partial charge is 0.370 e. The molecule has 0 aromatic heterocycles. The number of rotatable bonds is 7. The lowest BCUT2D eigenvalue weighted by Gasteiger charge is -2.24. The van der Waals surface area contributed by atoms with Gasteiger partial charge in [0.2, 0.25) is 5.91 Å². The molecule has 0 aliphatic rings. The zero-order chi connectivity index (χ0) is 13.5. The second-order valence-electron chi connectivity index (χ2n) is 5.33. The molecule has 0 spiro atoms. The number of nitrogens with two attached hydrogens (primary N) is 1. The van der Waals surface area contributed by atoms with Crippen molar-refractivity contribution in [3.63, 3.8) is 0 Å². The van der Waals surface area contributed by atoms with Gasteiger partial charge in [0.15, 0.2) is 0 Å². The van der Waals surface area contributed by atoms with Crippen molar-refractivity contribution < 1.29 is 4.79 Å². The fourth-order valence-corrected chi connectivity index (χ4v) is 2.16. The first-order chi connectivity index (χ1) is 8.49. The van der Waals surface area contributed by atoms with Gasteiger partial charge in [-0.25, -0.2) is 0 Å². The van der Waals surface area contributed by atoms with Gasteiger partial charge >= 0.3 is 0 Å². The SMILES string of the molecule is CC(C)CC(NC(C)CC(N)=O)c1ccccc1. The minimum Gasteiger partial charge on any atom is -0.370 e. The summed E-state index contributed by atoms with van der Waals surface area (Å²) in [4.78, 5) is 10.9. The first kappa shape index (κ1) is 14.7. The van der Waals surface area contributed by atoms with Crippen LogP contribution in [0.1, 0.15) is 45.2 Å². The fraction of sp³-hybridized carbons (Fsp3) is 0.533. The Morgan fingerprint density at radius 2 is 1.83 bits per heavy atom. The zero-order valence-corrected chi connectivity index (χ0v) is 11.5. The number of primary amides is 1. The number of hydrogen-bond donors (Lipinski definition) is 2. The summed E-state index contributed by atoms with van der Waals surface area (Å²) in [6.07, 6.45) is 1.43. The van der Waals surface area contributed by atoms with Crippen LogP contribution in [0.15, 0.2) is 30.3 Å². The van der Waals surface area contributed by atoms with E-state index in [0.717, 1.165) is 6.42 Å². The molecule has 0 heterocycles. The highest BCUT2D eigenvalue weighted by Gasteiger charge is 2.16. The van der Waals surface area contributed by atoms with E-state index in [-0.39, 0.29) is 18.0 Å². The summed E-state index contributed by atoms with van der Waals surface area (Å²) >= 11 is 0. The number of amides is 1. The third-order valence-electron chi connectivity index (χ3n) is 2.90. The van der Waals surface area contributed by atoms with E-state index in [2.05, 4.69) is 31.3 Å². The smallest absolute Gasteiger partial charge is 0.218 e. The molecule has 18 heavy (non-hydrogen) atoms. The second-order valence-corrected chi connectivity index (χ2v) is 5.33. The number of carbonyl (C=O) groups excluding carboxylic acids is 1. The highest BCUT2D eigenvalue weighted by Crippen LogP contribution is 2.21. The van der Waals surface area contributed by atoms with E-state index in [1.165, 1.54) is 5.56 Å². The van der Waals surface area contributed by atoms with Crippen LogP contribution >= 0.6 is 0 Å². The van der Waals surface area contributed by atoms with Crippen LogP contribution in [-0.4, -0.2) is 11.9 Å². The molecule has 0 bridgehead atoms. The Hall–Kier alpha value is -1.35. The maximum atomic E-state index is 10.9. The summed E-state index contributed by atoms with van der Waals surface area (Å²) in [5, 5.41) is 3.50. The van der Waals surface area contributed by atoms with Crippen LogP contribution in [0.5, 0.6) is 0 Å². The minimum atomic E-state index is -0.258. The van der Waals surface area contributed by atoms with Crippen molar-refractivity contribution in [3.05, 3.63) is 35.9 Å². The molecule has 1 rings (SSSR count). The van der Waals surface area contributed by atoms with Crippen molar-refractivity contribution in [1.29, 1.82) is 0 Å². The van der Waals surface area contributed by atoms with Gasteiger partial charge in [-0.1, -0.05) is 44.2 Å². The number of benzene rings is 1. The van der Waals surface area contributed by atoms with Gasteiger partial charge in [-0.3, -0.25) is 4.79 Å². The average Bonchev–Trinajstić information content (AvgIpc) is 2.27. The molecule has 1 amide bonds. The fourth-order valence-electron chi connectivity index (χ4n) is 2.16. The maximum absolute atomic E-state index is 10.9. The normalized spacial score (nSPS) is 14.4. The predicted molar refractivity (Wildman–Crippen MR) is 75.0 cm³/mol. The third kappa shape index (κ3) is 5.32. The quantitative estimate of drug-likeness (QED) is 0.779. The van der Waals surface area contributed by atoms with Crippen LogP contribution in [0, 0.1) is 5.92 Å². The Labute approximate surface area is 110 Å². The molecule has 2 atom stereocenters. The molecule has 0 fully saturated rings. The highest BCUT2D eigenvalue weighted by molar-refractivity contribution is 5.74. The van der Waals surface area contributed by atoms with E-state index < -0.39 is 0 Å². The van der Waals surface area contributed by atoms with Crippen molar-refractivity contribution in [2.45, 2.75) is 45.7 Å².